The molecule has 1 aliphatic rings. The Hall–Kier alpha value is -2.90. The number of carbonyl (C=O) groups is 1. The van der Waals surface area contributed by atoms with Crippen LogP contribution < -0.4 is 11.1 Å². The molecule has 1 heterocycles. The zero-order valence-electron chi connectivity index (χ0n) is 13.1. The number of amides is 1. The summed E-state index contributed by atoms with van der Waals surface area (Å²) in [7, 11) is 0. The van der Waals surface area contributed by atoms with Crippen molar-refractivity contribution in [1.82, 2.24) is 9.78 Å². The lowest BCUT2D eigenvalue weighted by Gasteiger charge is -2.23. The summed E-state index contributed by atoms with van der Waals surface area (Å²) >= 11 is 0. The number of nitro groups is 1. The summed E-state index contributed by atoms with van der Waals surface area (Å²) in [4.78, 5) is 22.8. The number of anilines is 2. The van der Waals surface area contributed by atoms with Gasteiger partial charge in [0.15, 0.2) is 0 Å². The van der Waals surface area contributed by atoms with E-state index in [1.165, 1.54) is 24.6 Å². The van der Waals surface area contributed by atoms with Crippen molar-refractivity contribution < 1.29 is 9.72 Å². The fourth-order valence-electron chi connectivity index (χ4n) is 3.06. The maximum Gasteiger partial charge on any atom is 0.292 e. The summed E-state index contributed by atoms with van der Waals surface area (Å²) in [5, 5.41) is 18.1. The Balaban J connectivity index is 1.79. The minimum absolute atomic E-state index is 0.0313. The molecule has 1 saturated carbocycles. The first kappa shape index (κ1) is 16.0. The minimum atomic E-state index is -0.599. The predicted molar refractivity (Wildman–Crippen MR) is 89.8 cm³/mol. The zero-order chi connectivity index (χ0) is 17.1. The van der Waals surface area contributed by atoms with Crippen LogP contribution in [0.3, 0.4) is 0 Å². The number of nitro benzene ring substituents is 1. The Bertz CT molecular complexity index is 765. The summed E-state index contributed by atoms with van der Waals surface area (Å²) in [5.41, 5.74) is 5.50. The van der Waals surface area contributed by atoms with E-state index in [9.17, 15) is 14.9 Å². The van der Waals surface area contributed by atoms with Gasteiger partial charge in [-0.3, -0.25) is 14.9 Å². The van der Waals surface area contributed by atoms with E-state index in [2.05, 4.69) is 10.4 Å². The molecule has 1 amide bonds. The van der Waals surface area contributed by atoms with E-state index < -0.39 is 10.8 Å². The number of aromatic nitrogens is 2. The molecule has 1 aliphatic carbocycles. The van der Waals surface area contributed by atoms with Gasteiger partial charge in [0.05, 0.1) is 17.2 Å². The molecule has 126 valence electrons. The van der Waals surface area contributed by atoms with Crippen LogP contribution in [0.2, 0.25) is 0 Å². The first-order chi connectivity index (χ1) is 11.6. The van der Waals surface area contributed by atoms with Crippen LogP contribution in [0.15, 0.2) is 30.5 Å². The van der Waals surface area contributed by atoms with Crippen LogP contribution >= 0.6 is 0 Å². The van der Waals surface area contributed by atoms with E-state index in [4.69, 9.17) is 5.73 Å². The zero-order valence-corrected chi connectivity index (χ0v) is 13.1. The fraction of sp³-hybridized carbons (Fsp3) is 0.375. The molecule has 0 aliphatic heterocycles. The van der Waals surface area contributed by atoms with Crippen molar-refractivity contribution in [2.24, 2.45) is 0 Å². The SMILES string of the molecule is Nc1ccc(C(=O)Nc2ccnn2C2CCCCC2)cc1[N+](=O)[O-]. The Morgan fingerprint density at radius 2 is 2.04 bits per heavy atom. The van der Waals surface area contributed by atoms with E-state index in [1.54, 1.807) is 12.3 Å². The van der Waals surface area contributed by atoms with E-state index in [1.807, 2.05) is 4.68 Å². The second-order valence-electron chi connectivity index (χ2n) is 5.94. The Morgan fingerprint density at radius 1 is 1.29 bits per heavy atom. The molecule has 0 radical (unpaired) electrons. The third-order valence-electron chi connectivity index (χ3n) is 4.32. The van der Waals surface area contributed by atoms with Gasteiger partial charge in [0.1, 0.15) is 11.5 Å². The summed E-state index contributed by atoms with van der Waals surface area (Å²) in [5.74, 6) is 0.182. The first-order valence-electron chi connectivity index (χ1n) is 7.95. The van der Waals surface area contributed by atoms with Gasteiger partial charge in [-0.2, -0.15) is 5.10 Å². The second-order valence-corrected chi connectivity index (χ2v) is 5.94. The number of nitrogens with zero attached hydrogens (tertiary/aromatic N) is 3. The van der Waals surface area contributed by atoms with Crippen molar-refractivity contribution in [2.75, 3.05) is 11.1 Å². The topological polar surface area (TPSA) is 116 Å². The van der Waals surface area contributed by atoms with Gasteiger partial charge in [0.2, 0.25) is 0 Å². The van der Waals surface area contributed by atoms with Gasteiger partial charge in [-0.15, -0.1) is 0 Å². The van der Waals surface area contributed by atoms with E-state index in [0.717, 1.165) is 25.7 Å². The lowest BCUT2D eigenvalue weighted by molar-refractivity contribution is -0.383. The van der Waals surface area contributed by atoms with Crippen LogP contribution in [0.5, 0.6) is 0 Å². The standard InChI is InChI=1S/C16H19N5O3/c17-13-7-6-11(10-14(13)21(23)24)16(22)19-15-8-9-18-20(15)12-4-2-1-3-5-12/h6-10,12H,1-5,17H2,(H,19,22). The fourth-order valence-corrected chi connectivity index (χ4v) is 3.06. The summed E-state index contributed by atoms with van der Waals surface area (Å²) in [6.07, 6.45) is 7.27. The average molecular weight is 329 g/mol. The predicted octanol–water partition coefficient (Wildman–Crippen LogP) is 3.13. The number of nitrogen functional groups attached to an aromatic ring is 1. The third-order valence-corrected chi connectivity index (χ3v) is 4.32. The highest BCUT2D eigenvalue weighted by atomic mass is 16.6. The first-order valence-corrected chi connectivity index (χ1v) is 7.95. The molecule has 1 fully saturated rings. The molecule has 0 bridgehead atoms. The molecular formula is C16H19N5O3. The molecule has 0 saturated heterocycles. The van der Waals surface area contributed by atoms with Gasteiger partial charge >= 0.3 is 0 Å². The Labute approximate surface area is 138 Å². The molecular weight excluding hydrogens is 310 g/mol. The van der Waals surface area contributed by atoms with Crippen molar-refractivity contribution in [2.45, 2.75) is 38.1 Å². The number of hydrogen-bond donors (Lipinski definition) is 2. The number of carbonyl (C=O) groups excluding carboxylic acids is 1. The van der Waals surface area contributed by atoms with Crippen LogP contribution in [-0.2, 0) is 0 Å². The maximum atomic E-state index is 12.4. The van der Waals surface area contributed by atoms with Crippen LogP contribution in [0.1, 0.15) is 48.5 Å². The van der Waals surface area contributed by atoms with Gasteiger partial charge < -0.3 is 11.1 Å². The largest absolute Gasteiger partial charge is 0.393 e. The monoisotopic (exact) mass is 329 g/mol. The number of benzene rings is 1. The van der Waals surface area contributed by atoms with Crippen molar-refractivity contribution >= 4 is 23.1 Å². The Kier molecular flexibility index (Phi) is 4.45. The highest BCUT2D eigenvalue weighted by Crippen LogP contribution is 2.30. The van der Waals surface area contributed by atoms with Crippen LogP contribution in [-0.4, -0.2) is 20.6 Å². The van der Waals surface area contributed by atoms with E-state index in [0.29, 0.717) is 5.82 Å². The van der Waals surface area contributed by atoms with Crippen molar-refractivity contribution in [3.63, 3.8) is 0 Å². The second kappa shape index (κ2) is 6.69. The quantitative estimate of drug-likeness (QED) is 0.508. The van der Waals surface area contributed by atoms with Gasteiger partial charge in [-0.1, -0.05) is 19.3 Å². The van der Waals surface area contributed by atoms with Gasteiger partial charge in [0.25, 0.3) is 11.6 Å². The number of nitrogens with one attached hydrogen (secondary N) is 1. The highest BCUT2D eigenvalue weighted by Gasteiger charge is 2.20. The lowest BCUT2D eigenvalue weighted by Crippen LogP contribution is -2.20. The molecule has 3 rings (SSSR count). The molecule has 2 aromatic rings. The summed E-state index contributed by atoms with van der Waals surface area (Å²) < 4.78 is 1.84. The molecule has 8 heteroatoms. The normalized spacial score (nSPS) is 15.2. The van der Waals surface area contributed by atoms with E-state index >= 15 is 0 Å². The minimum Gasteiger partial charge on any atom is -0.393 e. The third kappa shape index (κ3) is 3.22. The van der Waals surface area contributed by atoms with Crippen molar-refractivity contribution in [3.05, 3.63) is 46.1 Å². The molecule has 0 unspecified atom stereocenters. The summed E-state index contributed by atoms with van der Waals surface area (Å²) in [6.45, 7) is 0. The highest BCUT2D eigenvalue weighted by molar-refractivity contribution is 6.04. The molecule has 8 nitrogen and oxygen atoms in total. The molecule has 3 N–H and O–H groups in total. The molecule has 0 spiro atoms. The van der Waals surface area contributed by atoms with Crippen LogP contribution in [0.25, 0.3) is 0 Å². The maximum absolute atomic E-state index is 12.4. The van der Waals surface area contributed by atoms with Crippen molar-refractivity contribution in [3.8, 4) is 0 Å². The van der Waals surface area contributed by atoms with Crippen LogP contribution in [0.4, 0.5) is 17.2 Å². The average Bonchev–Trinajstić information content (AvgIpc) is 3.03. The van der Waals surface area contributed by atoms with Gasteiger partial charge in [-0.25, -0.2) is 4.68 Å². The van der Waals surface area contributed by atoms with Crippen LogP contribution in [0, 0.1) is 10.1 Å². The molecule has 24 heavy (non-hydrogen) atoms. The summed E-state index contributed by atoms with van der Waals surface area (Å²) in [6, 6.07) is 6.04. The van der Waals surface area contributed by atoms with Gasteiger partial charge in [0, 0.05) is 17.7 Å². The smallest absolute Gasteiger partial charge is 0.292 e. The number of nitrogens with two attached hydrogens (primary N) is 1. The van der Waals surface area contributed by atoms with Crippen molar-refractivity contribution in [1.29, 1.82) is 0 Å². The van der Waals surface area contributed by atoms with E-state index in [-0.39, 0.29) is 23.0 Å². The molecule has 0 atom stereocenters. The Morgan fingerprint density at radius 3 is 2.75 bits per heavy atom. The molecule has 1 aromatic carbocycles. The molecule has 1 aromatic heterocycles. The number of hydrogen-bond acceptors (Lipinski definition) is 5. The number of rotatable bonds is 4. The van der Waals surface area contributed by atoms with Gasteiger partial charge in [-0.05, 0) is 25.0 Å². The lowest BCUT2D eigenvalue weighted by atomic mass is 9.96.